The van der Waals surface area contributed by atoms with Crippen LogP contribution in [0.5, 0.6) is 0 Å². The molecule has 0 aromatic carbocycles. The smallest absolute Gasteiger partial charge is 0.0712 e. The second-order valence-corrected chi connectivity index (χ2v) is 4.06. The molecule has 0 unspecified atom stereocenters. The summed E-state index contributed by atoms with van der Waals surface area (Å²) in [6.07, 6.45) is 6.28. The summed E-state index contributed by atoms with van der Waals surface area (Å²) in [7, 11) is 0. The van der Waals surface area contributed by atoms with E-state index in [1.54, 1.807) is 23.1 Å². The van der Waals surface area contributed by atoms with Crippen molar-refractivity contribution in [1.82, 2.24) is 0 Å². The van der Waals surface area contributed by atoms with Gasteiger partial charge in [0.25, 0.3) is 0 Å². The number of rotatable bonds is 0. The molecule has 50 valence electrons. The van der Waals surface area contributed by atoms with Gasteiger partial charge in [-0.3, -0.25) is 0 Å². The number of hydrogen-bond donors (Lipinski definition) is 0. The topological polar surface area (TPSA) is 0 Å². The zero-order valence-electron chi connectivity index (χ0n) is 5.28. The molecule has 2 heteroatoms. The minimum Gasteiger partial charge on any atom is -0.136 e. The first-order chi connectivity index (χ1) is 4.97. The summed E-state index contributed by atoms with van der Waals surface area (Å²) in [5.41, 5.74) is 1.35. The summed E-state index contributed by atoms with van der Waals surface area (Å²) < 4.78 is 1.39. The number of hydrogen-bond acceptors (Lipinski definition) is 2. The van der Waals surface area contributed by atoms with Crippen LogP contribution in [0.4, 0.5) is 0 Å². The van der Waals surface area contributed by atoms with E-state index in [2.05, 4.69) is 35.1 Å². The van der Waals surface area contributed by atoms with E-state index in [4.69, 9.17) is 0 Å². The van der Waals surface area contributed by atoms with Crippen LogP contribution in [0.25, 0.3) is 6.08 Å². The monoisotopic (exact) mass is 166 g/mol. The molecule has 0 N–H and O–H groups in total. The fraction of sp³-hybridized carbons (Fsp3) is 0. The van der Waals surface area contributed by atoms with Crippen LogP contribution in [-0.2, 0) is 0 Å². The van der Waals surface area contributed by atoms with Crippen molar-refractivity contribution in [2.75, 3.05) is 0 Å². The fourth-order valence-electron chi connectivity index (χ4n) is 0.830. The van der Waals surface area contributed by atoms with Gasteiger partial charge >= 0.3 is 0 Å². The van der Waals surface area contributed by atoms with Crippen LogP contribution < -0.4 is 0 Å². The lowest BCUT2D eigenvalue weighted by Gasteiger charge is -1.88. The molecule has 0 bridgehead atoms. The Morgan fingerprint density at radius 1 is 1.20 bits per heavy atom. The average Bonchev–Trinajstić information content (AvgIpc) is 2.28. The minimum absolute atomic E-state index is 1.35. The molecular formula is C8H6S2. The van der Waals surface area contributed by atoms with Crippen LogP contribution in [-0.4, -0.2) is 0 Å². The third-order valence-electron chi connectivity index (χ3n) is 1.30. The highest BCUT2D eigenvalue weighted by Gasteiger charge is 2.00. The van der Waals surface area contributed by atoms with Gasteiger partial charge < -0.3 is 0 Å². The fourth-order valence-corrected chi connectivity index (χ4v) is 2.56. The van der Waals surface area contributed by atoms with Gasteiger partial charge in [0, 0.05) is 0 Å². The molecule has 2 heterocycles. The van der Waals surface area contributed by atoms with Crippen molar-refractivity contribution in [1.29, 1.82) is 0 Å². The van der Waals surface area contributed by atoms with Crippen LogP contribution in [0.3, 0.4) is 0 Å². The number of thioether (sulfide) groups is 1. The van der Waals surface area contributed by atoms with Crippen LogP contribution in [0.15, 0.2) is 33.2 Å². The first-order valence-corrected chi connectivity index (χ1v) is 4.80. The zero-order valence-corrected chi connectivity index (χ0v) is 6.91. The van der Waals surface area contributed by atoms with Crippen LogP contribution >= 0.6 is 23.1 Å². The number of thiophene rings is 1. The lowest BCUT2D eigenvalue weighted by atomic mass is 10.3. The molecule has 0 saturated heterocycles. The van der Waals surface area contributed by atoms with E-state index in [1.807, 2.05) is 0 Å². The molecule has 0 nitrogen and oxygen atoms in total. The van der Waals surface area contributed by atoms with Crippen molar-refractivity contribution in [2.24, 2.45) is 0 Å². The van der Waals surface area contributed by atoms with Crippen molar-refractivity contribution < 1.29 is 0 Å². The highest BCUT2D eigenvalue weighted by Crippen LogP contribution is 2.31. The van der Waals surface area contributed by atoms with Gasteiger partial charge in [-0.05, 0) is 22.4 Å². The van der Waals surface area contributed by atoms with Crippen LogP contribution in [0.2, 0.25) is 0 Å². The van der Waals surface area contributed by atoms with Gasteiger partial charge in [-0.1, -0.05) is 30.0 Å². The minimum atomic E-state index is 1.35. The summed E-state index contributed by atoms with van der Waals surface area (Å²) >= 11 is 3.59. The Hall–Kier alpha value is -0.470. The van der Waals surface area contributed by atoms with Crippen molar-refractivity contribution in [2.45, 2.75) is 4.21 Å². The Morgan fingerprint density at radius 3 is 3.20 bits per heavy atom. The first-order valence-electron chi connectivity index (χ1n) is 3.04. The molecule has 0 atom stereocenters. The molecule has 10 heavy (non-hydrogen) atoms. The van der Waals surface area contributed by atoms with Crippen molar-refractivity contribution in [3.8, 4) is 0 Å². The second-order valence-electron chi connectivity index (χ2n) is 1.97. The quantitative estimate of drug-likeness (QED) is 0.569. The molecule has 0 aliphatic carbocycles. The molecular weight excluding hydrogens is 160 g/mol. The maximum atomic E-state index is 2.15. The Labute approximate surface area is 68.3 Å². The van der Waals surface area contributed by atoms with Gasteiger partial charge in [-0.2, -0.15) is 0 Å². The molecule has 2 rings (SSSR count). The summed E-state index contributed by atoms with van der Waals surface area (Å²) in [4.78, 5) is 0. The maximum absolute atomic E-state index is 2.15. The number of fused-ring (bicyclic) bond motifs is 1. The van der Waals surface area contributed by atoms with Gasteiger partial charge in [-0.25, -0.2) is 0 Å². The van der Waals surface area contributed by atoms with Gasteiger partial charge in [0.05, 0.1) is 4.21 Å². The Bertz CT molecular complexity index is 281. The third-order valence-corrected chi connectivity index (χ3v) is 3.34. The van der Waals surface area contributed by atoms with Crippen molar-refractivity contribution in [3.63, 3.8) is 0 Å². The van der Waals surface area contributed by atoms with Gasteiger partial charge in [-0.15, -0.1) is 11.3 Å². The third kappa shape index (κ3) is 1.04. The molecule has 1 aromatic heterocycles. The van der Waals surface area contributed by atoms with E-state index in [9.17, 15) is 0 Å². The SMILES string of the molecule is C1=CSc2sccc2C=C1. The Morgan fingerprint density at radius 2 is 2.20 bits per heavy atom. The average molecular weight is 166 g/mol. The van der Waals surface area contributed by atoms with Gasteiger partial charge in [0.1, 0.15) is 0 Å². The van der Waals surface area contributed by atoms with Gasteiger partial charge in [0.2, 0.25) is 0 Å². The molecule has 1 aromatic rings. The first kappa shape index (κ1) is 6.25. The Kier molecular flexibility index (Phi) is 1.65. The second kappa shape index (κ2) is 2.64. The Balaban J connectivity index is 2.50. The summed E-state index contributed by atoms with van der Waals surface area (Å²) in [5, 5.41) is 4.24. The zero-order chi connectivity index (χ0) is 6.81. The highest BCUT2D eigenvalue weighted by molar-refractivity contribution is 8.03. The largest absolute Gasteiger partial charge is 0.136 e. The summed E-state index contributed by atoms with van der Waals surface area (Å²) in [5.74, 6) is 0. The van der Waals surface area contributed by atoms with E-state index < -0.39 is 0 Å². The molecule has 0 saturated carbocycles. The van der Waals surface area contributed by atoms with Gasteiger partial charge in [0.15, 0.2) is 0 Å². The van der Waals surface area contributed by atoms with E-state index in [-0.39, 0.29) is 0 Å². The molecule has 0 amide bonds. The standard InChI is InChI=1S/C8H6S2/c1-2-5-9-8-7(3-1)4-6-10-8/h1-6H. The summed E-state index contributed by atoms with van der Waals surface area (Å²) in [6.45, 7) is 0. The van der Waals surface area contributed by atoms with Crippen LogP contribution in [0, 0.1) is 0 Å². The normalized spacial score (nSPS) is 14.8. The molecule has 0 spiro atoms. The number of allylic oxidation sites excluding steroid dienone is 2. The van der Waals surface area contributed by atoms with Crippen LogP contribution in [0.1, 0.15) is 5.56 Å². The van der Waals surface area contributed by atoms with E-state index in [0.29, 0.717) is 0 Å². The summed E-state index contributed by atoms with van der Waals surface area (Å²) in [6, 6.07) is 2.15. The predicted octanol–water partition coefficient (Wildman–Crippen LogP) is 3.38. The molecule has 0 fully saturated rings. The lowest BCUT2D eigenvalue weighted by Crippen LogP contribution is -1.61. The molecule has 0 radical (unpaired) electrons. The van der Waals surface area contributed by atoms with E-state index in [1.165, 1.54) is 9.77 Å². The van der Waals surface area contributed by atoms with Crippen molar-refractivity contribution in [3.05, 3.63) is 34.6 Å². The maximum Gasteiger partial charge on any atom is 0.0712 e. The lowest BCUT2D eigenvalue weighted by molar-refractivity contribution is 1.67. The highest BCUT2D eigenvalue weighted by atomic mass is 32.2. The van der Waals surface area contributed by atoms with Crippen molar-refractivity contribution >= 4 is 29.2 Å². The van der Waals surface area contributed by atoms with E-state index in [0.717, 1.165) is 0 Å². The predicted molar refractivity (Wildman–Crippen MR) is 48.4 cm³/mol. The molecule has 1 aliphatic rings. The van der Waals surface area contributed by atoms with E-state index >= 15 is 0 Å². The molecule has 1 aliphatic heterocycles.